The molecule has 0 fully saturated rings. The molecule has 134 valence electrons. The number of hydrogen-bond acceptors (Lipinski definition) is 4. The average molecular weight is 351 g/mol. The van der Waals surface area contributed by atoms with E-state index in [-0.39, 0.29) is 18.0 Å². The van der Waals surface area contributed by atoms with E-state index in [0.29, 0.717) is 23.9 Å². The summed E-state index contributed by atoms with van der Waals surface area (Å²) < 4.78 is 6.46. The molecule has 0 aliphatic heterocycles. The number of fused-ring (bicyclic) bond motifs is 1. The summed E-state index contributed by atoms with van der Waals surface area (Å²) in [5, 5.41) is 3.36. The van der Waals surface area contributed by atoms with Gasteiger partial charge in [-0.25, -0.2) is 4.98 Å². The van der Waals surface area contributed by atoms with E-state index in [4.69, 9.17) is 4.74 Å². The van der Waals surface area contributed by atoms with Gasteiger partial charge in [0.1, 0.15) is 12.3 Å². The molecular formula is C20H21N3O3. The molecule has 1 heterocycles. The maximum Gasteiger partial charge on any atom is 0.261 e. The fourth-order valence-corrected chi connectivity index (χ4v) is 2.80. The Morgan fingerprint density at radius 3 is 2.69 bits per heavy atom. The van der Waals surface area contributed by atoms with Gasteiger partial charge in [0, 0.05) is 6.54 Å². The highest BCUT2D eigenvalue weighted by Gasteiger charge is 2.09. The molecule has 0 atom stereocenters. The van der Waals surface area contributed by atoms with Crippen molar-refractivity contribution in [2.75, 3.05) is 13.7 Å². The van der Waals surface area contributed by atoms with E-state index in [1.54, 1.807) is 13.2 Å². The molecular weight excluding hydrogens is 330 g/mol. The molecule has 1 aromatic heterocycles. The SMILES string of the molecule is COc1ccc(CCNC(=O)Cn2cnc3c(C)cccc3c2=O)cc1. The first kappa shape index (κ1) is 17.7. The number of amides is 1. The predicted molar refractivity (Wildman–Crippen MR) is 100 cm³/mol. The Kier molecular flexibility index (Phi) is 5.31. The minimum Gasteiger partial charge on any atom is -0.497 e. The number of para-hydroxylation sites is 1. The van der Waals surface area contributed by atoms with Gasteiger partial charge in [-0.05, 0) is 42.7 Å². The van der Waals surface area contributed by atoms with Crippen LogP contribution >= 0.6 is 0 Å². The van der Waals surface area contributed by atoms with Crippen molar-refractivity contribution in [2.24, 2.45) is 0 Å². The van der Waals surface area contributed by atoms with E-state index in [9.17, 15) is 9.59 Å². The van der Waals surface area contributed by atoms with E-state index in [0.717, 1.165) is 16.9 Å². The number of hydrogen-bond donors (Lipinski definition) is 1. The van der Waals surface area contributed by atoms with Crippen LogP contribution in [-0.4, -0.2) is 29.1 Å². The first-order chi connectivity index (χ1) is 12.6. The van der Waals surface area contributed by atoms with Crippen molar-refractivity contribution in [3.63, 3.8) is 0 Å². The van der Waals surface area contributed by atoms with Gasteiger partial charge in [0.2, 0.25) is 5.91 Å². The molecule has 0 bridgehead atoms. The number of aromatic nitrogens is 2. The third kappa shape index (κ3) is 3.91. The molecule has 3 rings (SSSR count). The van der Waals surface area contributed by atoms with Crippen LogP contribution in [0, 0.1) is 6.92 Å². The molecule has 0 aliphatic carbocycles. The van der Waals surface area contributed by atoms with E-state index in [1.165, 1.54) is 10.9 Å². The van der Waals surface area contributed by atoms with Crippen LogP contribution in [0.2, 0.25) is 0 Å². The summed E-state index contributed by atoms with van der Waals surface area (Å²) in [6, 6.07) is 13.2. The minimum atomic E-state index is -0.214. The Hall–Kier alpha value is -3.15. The zero-order chi connectivity index (χ0) is 18.5. The van der Waals surface area contributed by atoms with Gasteiger partial charge in [-0.2, -0.15) is 0 Å². The van der Waals surface area contributed by atoms with Crippen LogP contribution in [0.1, 0.15) is 11.1 Å². The summed E-state index contributed by atoms with van der Waals surface area (Å²) in [4.78, 5) is 29.0. The molecule has 0 spiro atoms. The molecule has 1 amide bonds. The fraction of sp³-hybridized carbons (Fsp3) is 0.250. The Morgan fingerprint density at radius 2 is 1.96 bits per heavy atom. The molecule has 26 heavy (non-hydrogen) atoms. The van der Waals surface area contributed by atoms with Crippen molar-refractivity contribution in [1.29, 1.82) is 0 Å². The topological polar surface area (TPSA) is 73.2 Å². The lowest BCUT2D eigenvalue weighted by molar-refractivity contribution is -0.121. The van der Waals surface area contributed by atoms with Crippen LogP contribution in [-0.2, 0) is 17.8 Å². The van der Waals surface area contributed by atoms with Crippen LogP contribution in [0.4, 0.5) is 0 Å². The zero-order valence-electron chi connectivity index (χ0n) is 14.9. The average Bonchev–Trinajstić information content (AvgIpc) is 2.65. The van der Waals surface area contributed by atoms with Crippen LogP contribution in [0.5, 0.6) is 5.75 Å². The lowest BCUT2D eigenvalue weighted by Gasteiger charge is -2.09. The molecule has 6 nitrogen and oxygen atoms in total. The number of rotatable bonds is 6. The van der Waals surface area contributed by atoms with Gasteiger partial charge in [0.15, 0.2) is 0 Å². The van der Waals surface area contributed by atoms with Crippen molar-refractivity contribution < 1.29 is 9.53 Å². The summed E-state index contributed by atoms with van der Waals surface area (Å²) in [5.41, 5.74) is 2.51. The van der Waals surface area contributed by atoms with Crippen molar-refractivity contribution in [3.05, 3.63) is 70.3 Å². The molecule has 0 radical (unpaired) electrons. The first-order valence-electron chi connectivity index (χ1n) is 8.43. The molecule has 0 aliphatic rings. The normalized spacial score (nSPS) is 10.7. The van der Waals surface area contributed by atoms with Gasteiger partial charge in [-0.3, -0.25) is 14.2 Å². The fourth-order valence-electron chi connectivity index (χ4n) is 2.80. The number of nitrogens with zero attached hydrogens (tertiary/aromatic N) is 2. The van der Waals surface area contributed by atoms with E-state index in [2.05, 4.69) is 10.3 Å². The number of carbonyl (C=O) groups is 1. The third-order valence-corrected chi connectivity index (χ3v) is 4.26. The maximum absolute atomic E-state index is 12.5. The summed E-state index contributed by atoms with van der Waals surface area (Å²) in [6.07, 6.45) is 2.14. The molecule has 3 aromatic rings. The van der Waals surface area contributed by atoms with Gasteiger partial charge in [0.05, 0.1) is 24.3 Å². The van der Waals surface area contributed by atoms with Crippen LogP contribution in [0.15, 0.2) is 53.6 Å². The molecule has 2 aromatic carbocycles. The molecule has 0 unspecified atom stereocenters. The summed E-state index contributed by atoms with van der Waals surface area (Å²) in [5.74, 6) is 0.589. The number of nitrogens with one attached hydrogen (secondary N) is 1. The largest absolute Gasteiger partial charge is 0.497 e. The van der Waals surface area contributed by atoms with Gasteiger partial charge in [0.25, 0.3) is 5.56 Å². The lowest BCUT2D eigenvalue weighted by Crippen LogP contribution is -2.33. The van der Waals surface area contributed by atoms with E-state index < -0.39 is 0 Å². The third-order valence-electron chi connectivity index (χ3n) is 4.26. The van der Waals surface area contributed by atoms with Crippen molar-refractivity contribution in [3.8, 4) is 5.75 Å². The van der Waals surface area contributed by atoms with Gasteiger partial charge >= 0.3 is 0 Å². The molecule has 0 saturated carbocycles. The van der Waals surface area contributed by atoms with Crippen LogP contribution < -0.4 is 15.6 Å². The zero-order valence-corrected chi connectivity index (χ0v) is 14.9. The molecule has 1 N–H and O–H groups in total. The second-order valence-electron chi connectivity index (χ2n) is 6.10. The van der Waals surface area contributed by atoms with Crippen molar-refractivity contribution in [1.82, 2.24) is 14.9 Å². The maximum atomic E-state index is 12.5. The van der Waals surface area contributed by atoms with Gasteiger partial charge in [-0.1, -0.05) is 24.3 Å². The number of methoxy groups -OCH3 is 1. The Balaban J connectivity index is 1.60. The summed E-state index contributed by atoms with van der Waals surface area (Å²) >= 11 is 0. The van der Waals surface area contributed by atoms with E-state index >= 15 is 0 Å². The minimum absolute atomic E-state index is 0.0433. The number of carbonyl (C=O) groups excluding carboxylic acids is 1. The van der Waals surface area contributed by atoms with Crippen molar-refractivity contribution in [2.45, 2.75) is 19.9 Å². The smallest absolute Gasteiger partial charge is 0.261 e. The van der Waals surface area contributed by atoms with Crippen LogP contribution in [0.25, 0.3) is 10.9 Å². The first-order valence-corrected chi connectivity index (χ1v) is 8.43. The number of benzene rings is 2. The van der Waals surface area contributed by atoms with Crippen molar-refractivity contribution >= 4 is 16.8 Å². The van der Waals surface area contributed by atoms with Gasteiger partial charge < -0.3 is 10.1 Å². The number of ether oxygens (including phenoxy) is 1. The highest BCUT2D eigenvalue weighted by molar-refractivity contribution is 5.81. The summed E-state index contributed by atoms with van der Waals surface area (Å²) in [6.45, 7) is 2.36. The Labute approximate surface area is 151 Å². The highest BCUT2D eigenvalue weighted by Crippen LogP contribution is 2.12. The molecule has 6 heteroatoms. The monoisotopic (exact) mass is 351 g/mol. The quantitative estimate of drug-likeness (QED) is 0.738. The van der Waals surface area contributed by atoms with Crippen LogP contribution in [0.3, 0.4) is 0 Å². The standard InChI is InChI=1S/C20H21N3O3/c1-14-4-3-5-17-19(14)22-13-23(20(17)25)12-18(24)21-11-10-15-6-8-16(26-2)9-7-15/h3-9,13H,10-12H2,1-2H3,(H,21,24). The van der Waals surface area contributed by atoms with Gasteiger partial charge in [-0.15, -0.1) is 0 Å². The second kappa shape index (κ2) is 7.82. The Bertz CT molecular complexity index is 978. The molecule has 0 saturated heterocycles. The Morgan fingerprint density at radius 1 is 1.19 bits per heavy atom. The highest BCUT2D eigenvalue weighted by atomic mass is 16.5. The van der Waals surface area contributed by atoms with E-state index in [1.807, 2.05) is 43.3 Å². The second-order valence-corrected chi connectivity index (χ2v) is 6.10. The number of aryl methyl sites for hydroxylation is 1. The summed E-state index contributed by atoms with van der Waals surface area (Å²) in [7, 11) is 1.63. The predicted octanol–water partition coefficient (Wildman–Crippen LogP) is 2.07. The lowest BCUT2D eigenvalue weighted by atomic mass is 10.1.